The molecule has 0 bridgehead atoms. The summed E-state index contributed by atoms with van der Waals surface area (Å²) in [6.45, 7) is 8.39. The summed E-state index contributed by atoms with van der Waals surface area (Å²) in [7, 11) is 0. The summed E-state index contributed by atoms with van der Waals surface area (Å²) in [4.78, 5) is 23.6. The Bertz CT molecular complexity index is 317. The summed E-state index contributed by atoms with van der Waals surface area (Å²) in [6, 6.07) is 0. The fourth-order valence-corrected chi connectivity index (χ4v) is 2.62. The van der Waals surface area contributed by atoms with Crippen molar-refractivity contribution in [2.45, 2.75) is 91.3 Å². The quantitative estimate of drug-likeness (QED) is 0.628. The van der Waals surface area contributed by atoms with E-state index in [9.17, 15) is 9.59 Å². The minimum absolute atomic E-state index is 0.0867. The number of carbonyl (C=O) groups excluding carboxylic acids is 2. The van der Waals surface area contributed by atoms with E-state index < -0.39 is 0 Å². The van der Waals surface area contributed by atoms with Crippen LogP contribution in [0, 0.1) is 11.8 Å². The molecule has 0 aromatic heterocycles. The van der Waals surface area contributed by atoms with Crippen LogP contribution < -0.4 is 0 Å². The van der Waals surface area contributed by atoms with Crippen LogP contribution in [0.4, 0.5) is 0 Å². The van der Waals surface area contributed by atoms with E-state index in [0.29, 0.717) is 31.1 Å². The number of hydrogen-bond donors (Lipinski definition) is 0. The molecule has 1 aliphatic rings. The highest BCUT2D eigenvalue weighted by molar-refractivity contribution is 5.70. The average Bonchev–Trinajstić information content (AvgIpc) is 2.43. The molecule has 0 heterocycles. The Labute approximate surface area is 134 Å². The summed E-state index contributed by atoms with van der Waals surface area (Å²) in [5, 5.41) is 0. The molecule has 2 unspecified atom stereocenters. The molecule has 4 heteroatoms. The largest absolute Gasteiger partial charge is 0.462 e. The molecule has 1 aliphatic carbocycles. The van der Waals surface area contributed by atoms with Crippen molar-refractivity contribution in [1.82, 2.24) is 0 Å². The van der Waals surface area contributed by atoms with Crippen molar-refractivity contribution in [3.8, 4) is 0 Å². The Kier molecular flexibility index (Phi) is 8.51. The van der Waals surface area contributed by atoms with E-state index in [0.717, 1.165) is 32.1 Å². The lowest BCUT2D eigenvalue weighted by molar-refractivity contribution is -0.159. The van der Waals surface area contributed by atoms with E-state index >= 15 is 0 Å². The molecular formula is C18H32O4. The van der Waals surface area contributed by atoms with Crippen LogP contribution in [-0.2, 0) is 19.1 Å². The van der Waals surface area contributed by atoms with Gasteiger partial charge in [0.05, 0.1) is 0 Å². The van der Waals surface area contributed by atoms with Gasteiger partial charge in [-0.2, -0.15) is 0 Å². The zero-order valence-electron chi connectivity index (χ0n) is 14.6. The maximum atomic E-state index is 11.8. The van der Waals surface area contributed by atoms with Crippen LogP contribution in [0.25, 0.3) is 0 Å². The Hall–Kier alpha value is -1.06. The van der Waals surface area contributed by atoms with Crippen LogP contribution in [-0.4, -0.2) is 24.1 Å². The first-order valence-electron chi connectivity index (χ1n) is 8.75. The van der Waals surface area contributed by atoms with Crippen LogP contribution in [0.3, 0.4) is 0 Å². The van der Waals surface area contributed by atoms with Gasteiger partial charge in [0.15, 0.2) is 0 Å². The third-order valence-electron chi connectivity index (χ3n) is 4.03. The molecule has 0 N–H and O–H groups in total. The van der Waals surface area contributed by atoms with Crippen molar-refractivity contribution < 1.29 is 19.1 Å². The lowest BCUT2D eigenvalue weighted by Crippen LogP contribution is -2.31. The van der Waals surface area contributed by atoms with E-state index in [2.05, 4.69) is 27.7 Å². The van der Waals surface area contributed by atoms with Crippen molar-refractivity contribution in [3.63, 3.8) is 0 Å². The Morgan fingerprint density at radius 2 is 1.27 bits per heavy atom. The molecule has 0 aromatic carbocycles. The number of esters is 2. The van der Waals surface area contributed by atoms with Crippen LogP contribution in [0.15, 0.2) is 0 Å². The van der Waals surface area contributed by atoms with Gasteiger partial charge in [-0.05, 0) is 43.9 Å². The van der Waals surface area contributed by atoms with Gasteiger partial charge in [0, 0.05) is 19.3 Å². The summed E-state index contributed by atoms with van der Waals surface area (Å²) in [5.74, 6) is 0.776. The van der Waals surface area contributed by atoms with E-state index in [1.54, 1.807) is 0 Å². The van der Waals surface area contributed by atoms with Crippen molar-refractivity contribution in [2.75, 3.05) is 0 Å². The third-order valence-corrected chi connectivity index (χ3v) is 4.03. The van der Waals surface area contributed by atoms with E-state index in [1.165, 1.54) is 0 Å². The Morgan fingerprint density at radius 3 is 1.64 bits per heavy atom. The molecule has 0 radical (unpaired) electrons. The minimum Gasteiger partial charge on any atom is -0.462 e. The lowest BCUT2D eigenvalue weighted by Gasteiger charge is -2.28. The monoisotopic (exact) mass is 312 g/mol. The predicted molar refractivity (Wildman–Crippen MR) is 86.4 cm³/mol. The molecule has 128 valence electrons. The fourth-order valence-electron chi connectivity index (χ4n) is 2.62. The van der Waals surface area contributed by atoms with E-state index in [4.69, 9.17) is 9.47 Å². The van der Waals surface area contributed by atoms with E-state index in [1.807, 2.05) is 0 Å². The van der Waals surface area contributed by atoms with Crippen molar-refractivity contribution in [2.24, 2.45) is 11.8 Å². The maximum absolute atomic E-state index is 11.8. The second-order valence-electron chi connectivity index (χ2n) is 7.26. The second-order valence-corrected chi connectivity index (χ2v) is 7.26. The summed E-state index contributed by atoms with van der Waals surface area (Å²) < 4.78 is 11.0. The highest BCUT2D eigenvalue weighted by atomic mass is 16.6. The van der Waals surface area contributed by atoms with Gasteiger partial charge in [-0.15, -0.1) is 0 Å². The molecule has 0 saturated heterocycles. The average molecular weight is 312 g/mol. The van der Waals surface area contributed by atoms with Gasteiger partial charge in [0.2, 0.25) is 0 Å². The zero-order valence-corrected chi connectivity index (χ0v) is 14.6. The molecule has 0 aromatic rings. The SMILES string of the molecule is CC(C)CCC(=O)OC1CCCC(OC(=O)CCC(C)C)C1. The Balaban J connectivity index is 2.28. The molecule has 0 amide bonds. The maximum Gasteiger partial charge on any atom is 0.306 e. The number of rotatable bonds is 8. The number of carbonyl (C=O) groups is 2. The van der Waals surface area contributed by atoms with E-state index in [-0.39, 0.29) is 24.1 Å². The van der Waals surface area contributed by atoms with Gasteiger partial charge < -0.3 is 9.47 Å². The standard InChI is InChI=1S/C18H32O4/c1-13(2)8-10-17(19)21-15-6-5-7-16(12-15)22-18(20)11-9-14(3)4/h13-16H,5-12H2,1-4H3. The molecule has 4 nitrogen and oxygen atoms in total. The van der Waals surface area contributed by atoms with Gasteiger partial charge in [-0.3, -0.25) is 9.59 Å². The van der Waals surface area contributed by atoms with Gasteiger partial charge in [-0.1, -0.05) is 27.7 Å². The molecule has 22 heavy (non-hydrogen) atoms. The molecule has 1 fully saturated rings. The van der Waals surface area contributed by atoms with Crippen LogP contribution >= 0.6 is 0 Å². The fraction of sp³-hybridized carbons (Fsp3) is 0.889. The molecule has 2 atom stereocenters. The number of ether oxygens (including phenoxy) is 2. The van der Waals surface area contributed by atoms with Crippen LogP contribution in [0.1, 0.15) is 79.1 Å². The van der Waals surface area contributed by atoms with Crippen molar-refractivity contribution >= 4 is 11.9 Å². The summed E-state index contributed by atoms with van der Waals surface area (Å²) in [5.41, 5.74) is 0. The molecule has 1 saturated carbocycles. The van der Waals surface area contributed by atoms with Crippen LogP contribution in [0.5, 0.6) is 0 Å². The van der Waals surface area contributed by atoms with Gasteiger partial charge in [0.1, 0.15) is 12.2 Å². The highest BCUT2D eigenvalue weighted by Gasteiger charge is 2.27. The smallest absolute Gasteiger partial charge is 0.306 e. The van der Waals surface area contributed by atoms with Crippen molar-refractivity contribution in [3.05, 3.63) is 0 Å². The van der Waals surface area contributed by atoms with Gasteiger partial charge >= 0.3 is 11.9 Å². The minimum atomic E-state index is -0.120. The molecule has 1 rings (SSSR count). The first-order chi connectivity index (χ1) is 10.4. The first-order valence-corrected chi connectivity index (χ1v) is 8.75. The molecule has 0 spiro atoms. The first kappa shape index (κ1) is 19.0. The number of hydrogen-bond acceptors (Lipinski definition) is 4. The second kappa shape index (κ2) is 9.86. The van der Waals surface area contributed by atoms with Gasteiger partial charge in [0.25, 0.3) is 0 Å². The zero-order chi connectivity index (χ0) is 16.5. The van der Waals surface area contributed by atoms with Crippen LogP contribution in [0.2, 0.25) is 0 Å². The summed E-state index contributed by atoms with van der Waals surface area (Å²) >= 11 is 0. The molecule has 0 aliphatic heterocycles. The third kappa shape index (κ3) is 8.40. The molecular weight excluding hydrogens is 280 g/mol. The predicted octanol–water partition coefficient (Wildman–Crippen LogP) is 4.26. The van der Waals surface area contributed by atoms with Gasteiger partial charge in [-0.25, -0.2) is 0 Å². The Morgan fingerprint density at radius 1 is 0.864 bits per heavy atom. The normalized spacial score (nSPS) is 21.9. The topological polar surface area (TPSA) is 52.6 Å². The highest BCUT2D eigenvalue weighted by Crippen LogP contribution is 2.25. The summed E-state index contributed by atoms with van der Waals surface area (Å²) in [6.07, 6.45) is 5.87. The van der Waals surface area contributed by atoms with Crippen molar-refractivity contribution in [1.29, 1.82) is 0 Å². The lowest BCUT2D eigenvalue weighted by atomic mass is 9.94.